The molecule has 20 heavy (non-hydrogen) atoms. The lowest BCUT2D eigenvalue weighted by Gasteiger charge is -2.07. The van der Waals surface area contributed by atoms with Gasteiger partial charge in [-0.2, -0.15) is 0 Å². The maximum absolute atomic E-state index is 12.0. The Labute approximate surface area is 136 Å². The first-order chi connectivity index (χ1) is 8.95. The van der Waals surface area contributed by atoms with Crippen molar-refractivity contribution in [3.8, 4) is 0 Å². The molecule has 0 unspecified atom stereocenters. The number of unbranched alkanes of at least 4 members (excludes halogenated alkanes) is 3. The lowest BCUT2D eigenvalue weighted by Crippen LogP contribution is -3.00. The van der Waals surface area contributed by atoms with Gasteiger partial charge in [0, 0.05) is 16.6 Å². The second-order valence-electron chi connectivity index (χ2n) is 4.27. The number of sulfonamides is 1. The average Bonchev–Trinajstić information content (AvgIpc) is 2.32. The topological polar surface area (TPSA) is 73.8 Å². The average molecular weight is 362 g/mol. The largest absolute Gasteiger partial charge is 1.00 e. The highest BCUT2D eigenvalue weighted by Crippen LogP contribution is 2.22. The number of hydrogen-bond donors (Lipinski definition) is 2. The molecular weight excluding hydrogens is 343 g/mol. The summed E-state index contributed by atoms with van der Waals surface area (Å²) in [6.45, 7) is 1.34. The van der Waals surface area contributed by atoms with E-state index in [0.717, 1.165) is 32.2 Å². The molecule has 4 N–H and O–H groups in total. The van der Waals surface area contributed by atoms with Gasteiger partial charge in [0.05, 0.1) is 11.4 Å². The molecule has 4 nitrogen and oxygen atoms in total. The first-order valence-electron chi connectivity index (χ1n) is 6.21. The van der Waals surface area contributed by atoms with Crippen molar-refractivity contribution in [3.63, 3.8) is 0 Å². The number of hydrogen-bond acceptors (Lipinski definition) is 2. The summed E-state index contributed by atoms with van der Waals surface area (Å²) in [4.78, 5) is 0.0998. The molecule has 1 aromatic rings. The third kappa shape index (κ3) is 7.11. The zero-order valence-corrected chi connectivity index (χ0v) is 14.1. The predicted octanol–water partition coefficient (Wildman–Crippen LogP) is -0.922. The summed E-state index contributed by atoms with van der Waals surface area (Å²) in [5.41, 5.74) is 3.76. The molecule has 0 spiro atoms. The Hall–Kier alpha value is -0.0400. The molecule has 8 heteroatoms. The molecule has 0 bridgehead atoms. The first-order valence-corrected chi connectivity index (χ1v) is 8.44. The minimum atomic E-state index is -3.53. The van der Waals surface area contributed by atoms with E-state index in [1.165, 1.54) is 18.2 Å². The van der Waals surface area contributed by atoms with Crippen LogP contribution in [0.5, 0.6) is 0 Å². The van der Waals surface area contributed by atoms with Crippen molar-refractivity contribution in [1.29, 1.82) is 0 Å². The van der Waals surface area contributed by atoms with Crippen LogP contribution in [0.4, 0.5) is 0 Å². The van der Waals surface area contributed by atoms with Gasteiger partial charge in [0.1, 0.15) is 0 Å². The van der Waals surface area contributed by atoms with E-state index in [9.17, 15) is 8.42 Å². The van der Waals surface area contributed by atoms with Crippen molar-refractivity contribution in [1.82, 2.24) is 4.72 Å². The van der Waals surface area contributed by atoms with Crippen LogP contribution in [0.15, 0.2) is 23.1 Å². The van der Waals surface area contributed by atoms with Gasteiger partial charge >= 0.3 is 0 Å². The van der Waals surface area contributed by atoms with E-state index in [4.69, 9.17) is 23.2 Å². The second kappa shape index (κ2) is 9.82. The van der Waals surface area contributed by atoms with E-state index in [1.54, 1.807) is 0 Å². The summed E-state index contributed by atoms with van der Waals surface area (Å²) < 4.78 is 26.5. The van der Waals surface area contributed by atoms with Gasteiger partial charge in [-0.25, -0.2) is 13.1 Å². The zero-order valence-electron chi connectivity index (χ0n) is 11.0. The molecule has 0 saturated heterocycles. The van der Waals surface area contributed by atoms with E-state index < -0.39 is 10.0 Å². The standard InChI is InChI=1S/C12H18Cl2N2O2S.ClH/c13-10-7-11(14)9-12(8-10)19(17,18)16-6-4-2-1-3-5-15;/h7-9,16H,1-6,15H2;1H. The Morgan fingerprint density at radius 1 is 1.00 bits per heavy atom. The number of benzene rings is 1. The van der Waals surface area contributed by atoms with Gasteiger partial charge in [-0.05, 0) is 37.5 Å². The minimum Gasteiger partial charge on any atom is -1.00 e. The van der Waals surface area contributed by atoms with E-state index in [2.05, 4.69) is 10.5 Å². The van der Waals surface area contributed by atoms with Crippen LogP contribution < -0.4 is 22.9 Å². The molecule has 0 aliphatic rings. The summed E-state index contributed by atoms with van der Waals surface area (Å²) in [6, 6.07) is 4.28. The van der Waals surface area contributed by atoms with Gasteiger partial charge in [-0.1, -0.05) is 29.6 Å². The van der Waals surface area contributed by atoms with E-state index >= 15 is 0 Å². The summed E-state index contributed by atoms with van der Waals surface area (Å²) in [6.07, 6.45) is 3.97. The van der Waals surface area contributed by atoms with Gasteiger partial charge in [0.2, 0.25) is 10.0 Å². The molecule has 1 rings (SSSR count). The molecule has 0 aromatic heterocycles. The molecule has 0 saturated carbocycles. The summed E-state index contributed by atoms with van der Waals surface area (Å²) >= 11 is 11.6. The normalized spacial score (nSPS) is 11.2. The first kappa shape index (κ1) is 20.0. The Kier molecular flexibility index (Phi) is 9.80. The fourth-order valence-electron chi connectivity index (χ4n) is 1.63. The zero-order chi connectivity index (χ0) is 14.3. The predicted molar refractivity (Wildman–Crippen MR) is 77.9 cm³/mol. The Morgan fingerprint density at radius 3 is 2.10 bits per heavy atom. The summed E-state index contributed by atoms with van der Waals surface area (Å²) in [7, 11) is -3.53. The molecule has 0 fully saturated rings. The molecule has 0 aliphatic carbocycles. The van der Waals surface area contributed by atoms with Crippen molar-refractivity contribution in [2.45, 2.75) is 30.6 Å². The van der Waals surface area contributed by atoms with E-state index in [1.807, 2.05) is 0 Å². The van der Waals surface area contributed by atoms with Crippen LogP contribution in [-0.2, 0) is 10.0 Å². The maximum Gasteiger partial charge on any atom is 0.240 e. The molecular formula is C12H19Cl3N2O2S. The molecule has 116 valence electrons. The molecule has 1 aromatic carbocycles. The Morgan fingerprint density at radius 2 is 1.55 bits per heavy atom. The van der Waals surface area contributed by atoms with E-state index in [0.29, 0.717) is 16.6 Å². The van der Waals surface area contributed by atoms with Crippen molar-refractivity contribution < 1.29 is 26.6 Å². The fraction of sp³-hybridized carbons (Fsp3) is 0.500. The van der Waals surface area contributed by atoms with Crippen LogP contribution in [0.3, 0.4) is 0 Å². The number of rotatable bonds is 8. The molecule has 0 heterocycles. The van der Waals surface area contributed by atoms with Crippen LogP contribution in [0, 0.1) is 0 Å². The van der Waals surface area contributed by atoms with E-state index in [-0.39, 0.29) is 17.3 Å². The van der Waals surface area contributed by atoms with Gasteiger partial charge in [0.25, 0.3) is 0 Å². The number of nitrogens with one attached hydrogen (secondary N) is 1. The van der Waals surface area contributed by atoms with Crippen LogP contribution in [0.2, 0.25) is 10.0 Å². The molecule has 0 amide bonds. The lowest BCUT2D eigenvalue weighted by molar-refractivity contribution is -0.368. The second-order valence-corrected chi connectivity index (χ2v) is 6.91. The van der Waals surface area contributed by atoms with Gasteiger partial charge in [0.15, 0.2) is 0 Å². The highest BCUT2D eigenvalue weighted by Gasteiger charge is 2.14. The minimum absolute atomic E-state index is 0. The smallest absolute Gasteiger partial charge is 0.240 e. The van der Waals surface area contributed by atoms with Crippen molar-refractivity contribution in [3.05, 3.63) is 28.2 Å². The molecule has 0 atom stereocenters. The third-order valence-corrected chi connectivity index (χ3v) is 4.49. The highest BCUT2D eigenvalue weighted by molar-refractivity contribution is 7.89. The lowest BCUT2D eigenvalue weighted by atomic mass is 10.2. The Balaban J connectivity index is 0.00000361. The SMILES string of the molecule is [Cl-].[NH3+]CCCCCCNS(=O)(=O)c1cc(Cl)cc(Cl)c1. The van der Waals surface area contributed by atoms with Gasteiger partial charge < -0.3 is 18.1 Å². The van der Waals surface area contributed by atoms with Crippen molar-refractivity contribution in [2.24, 2.45) is 0 Å². The van der Waals surface area contributed by atoms with Gasteiger partial charge in [-0.15, -0.1) is 0 Å². The van der Waals surface area contributed by atoms with Crippen LogP contribution in [0.25, 0.3) is 0 Å². The number of quaternary nitrogens is 1. The quantitative estimate of drug-likeness (QED) is 0.588. The fourth-order valence-corrected chi connectivity index (χ4v) is 3.43. The van der Waals surface area contributed by atoms with Crippen LogP contribution in [-0.4, -0.2) is 21.5 Å². The molecule has 0 radical (unpaired) electrons. The van der Waals surface area contributed by atoms with Crippen LogP contribution in [0.1, 0.15) is 25.7 Å². The molecule has 0 aliphatic heterocycles. The van der Waals surface area contributed by atoms with Gasteiger partial charge in [-0.3, -0.25) is 0 Å². The summed E-state index contributed by atoms with van der Waals surface area (Å²) in [5, 5.41) is 0.617. The maximum atomic E-state index is 12.0. The monoisotopic (exact) mass is 360 g/mol. The number of halogens is 3. The van der Waals surface area contributed by atoms with Crippen molar-refractivity contribution in [2.75, 3.05) is 13.1 Å². The highest BCUT2D eigenvalue weighted by atomic mass is 35.5. The van der Waals surface area contributed by atoms with Crippen LogP contribution >= 0.6 is 23.2 Å². The summed E-state index contributed by atoms with van der Waals surface area (Å²) in [5.74, 6) is 0. The third-order valence-electron chi connectivity index (χ3n) is 2.62. The Bertz CT molecular complexity index is 489. The van der Waals surface area contributed by atoms with Crippen molar-refractivity contribution >= 4 is 33.2 Å².